The SMILES string of the molecule is C1=C/COCCOCCOCCOC[C@H]2O[C@H](CCOCc3ccccc3)[C@@H](OCc3ccccc3)[C@@H](OCc3ccccc3)[C@@H]2OCCOCCOCCOC/C=C/COCCOCCOCCO[C@H]2[C@H](OCc3ccccc3)[C@H](OCc3ccccc3)[C@@H](CCOCc3ccccc3)O[C@@H]2COCCOCCOCCOC/1. The minimum atomic E-state index is -0.600. The minimum Gasteiger partial charge on any atom is -0.377 e. The second-order valence-electron chi connectivity index (χ2n) is 27.1. The van der Waals surface area contributed by atoms with Crippen LogP contribution in [0.4, 0.5) is 0 Å². The van der Waals surface area contributed by atoms with Gasteiger partial charge in [-0.15, -0.1) is 0 Å². The zero-order valence-corrected chi connectivity index (χ0v) is 66.5. The third kappa shape index (κ3) is 39.4. The topological polar surface area (TPSA) is 222 Å². The highest BCUT2D eigenvalue weighted by Crippen LogP contribution is 2.34. The molecule has 0 unspecified atom stereocenters. The number of ether oxygens (including phenoxy) is 24. The maximum atomic E-state index is 7.01. The third-order valence-corrected chi connectivity index (χ3v) is 18.5. The number of benzene rings is 6. The first-order chi connectivity index (χ1) is 56.7. The molecular formula is C90H124O24. The summed E-state index contributed by atoms with van der Waals surface area (Å²) in [5.41, 5.74) is 6.27. The van der Waals surface area contributed by atoms with E-state index < -0.39 is 61.0 Å². The summed E-state index contributed by atoms with van der Waals surface area (Å²) in [5.74, 6) is 0. The lowest BCUT2D eigenvalue weighted by Gasteiger charge is -2.46. The standard InChI is InChI=1S/C90H124O24/c1-7-23-75(24-8-1)67-103-41-35-81-85(109-69-77-27-11-3-12-28-77)89(111-71-79-31-15-5-16-32-79)87-83(113-81)73-105-61-59-99-53-51-95-47-43-91-37-19-20-38-92-44-48-96-52-54-100-60-62-106-74-84-88(108-66-64-102-58-56-98-50-46-94-40-22-21-39-93-45-49-97-55-57-101-63-65-107-87)90(112-72-80-33-17-6-18-34-80)86(110-70-78-29-13-4-14-30-78)82(114-84)36-42-104-68-76-25-9-2-10-26-76/h1-34,81-90H,35-74H2/b20-19+,22-21+/t81-,82-,83-,84-,85-,86-,87-,88-,89-,90-/m1/s1. The van der Waals surface area contributed by atoms with Crippen molar-refractivity contribution in [2.24, 2.45) is 0 Å². The van der Waals surface area contributed by atoms with Crippen LogP contribution >= 0.6 is 0 Å². The summed E-state index contributed by atoms with van der Waals surface area (Å²) in [7, 11) is 0. The van der Waals surface area contributed by atoms with Crippen LogP contribution in [0.2, 0.25) is 0 Å². The Labute approximate surface area is 675 Å². The zero-order valence-electron chi connectivity index (χ0n) is 66.5. The Bertz CT molecular complexity index is 3050. The molecule has 10 atom stereocenters. The quantitative estimate of drug-likeness (QED) is 0.0455. The molecule has 0 radical (unpaired) electrons. The molecule has 24 nitrogen and oxygen atoms in total. The Hall–Kier alpha value is -6.16. The van der Waals surface area contributed by atoms with Crippen molar-refractivity contribution in [1.29, 1.82) is 0 Å². The van der Waals surface area contributed by atoms with Gasteiger partial charge < -0.3 is 114 Å². The smallest absolute Gasteiger partial charge is 0.115 e. The molecule has 0 N–H and O–H groups in total. The van der Waals surface area contributed by atoms with Gasteiger partial charge in [0.25, 0.3) is 0 Å². The number of rotatable bonds is 22. The van der Waals surface area contributed by atoms with Crippen molar-refractivity contribution >= 4 is 0 Å². The average Bonchev–Trinajstić information content (AvgIpc) is 0.796. The van der Waals surface area contributed by atoms with Gasteiger partial charge in [-0.2, -0.15) is 0 Å². The molecule has 3 aliphatic heterocycles. The van der Waals surface area contributed by atoms with Crippen LogP contribution in [0.5, 0.6) is 0 Å². The van der Waals surface area contributed by atoms with Crippen LogP contribution in [0.15, 0.2) is 206 Å². The Balaban J connectivity index is 0.745. The molecule has 6 aromatic rings. The summed E-state index contributed by atoms with van der Waals surface area (Å²) in [6, 6.07) is 60.7. The lowest BCUT2D eigenvalue weighted by Crippen LogP contribution is -2.61. The van der Waals surface area contributed by atoms with Crippen LogP contribution in [0.25, 0.3) is 0 Å². The van der Waals surface area contributed by atoms with Gasteiger partial charge in [-0.3, -0.25) is 0 Å². The van der Waals surface area contributed by atoms with E-state index in [1.165, 1.54) is 0 Å². The third-order valence-electron chi connectivity index (χ3n) is 18.5. The van der Waals surface area contributed by atoms with Gasteiger partial charge in [-0.1, -0.05) is 206 Å². The average molecular weight is 1590 g/mol. The van der Waals surface area contributed by atoms with Gasteiger partial charge in [-0.25, -0.2) is 0 Å². The highest BCUT2D eigenvalue weighted by atomic mass is 16.7. The Morgan fingerprint density at radius 3 is 0.711 bits per heavy atom. The molecule has 2 saturated heterocycles. The maximum Gasteiger partial charge on any atom is 0.115 e. The van der Waals surface area contributed by atoms with E-state index in [2.05, 4.69) is 24.3 Å². The Morgan fingerprint density at radius 1 is 0.228 bits per heavy atom. The first-order valence-electron chi connectivity index (χ1n) is 40.5. The van der Waals surface area contributed by atoms with Crippen molar-refractivity contribution in [3.8, 4) is 0 Å². The lowest BCUT2D eigenvalue weighted by atomic mass is 9.92. The van der Waals surface area contributed by atoms with Crippen LogP contribution in [0.3, 0.4) is 0 Å². The van der Waals surface area contributed by atoms with Gasteiger partial charge in [0.05, 0.1) is 250 Å². The molecule has 0 bridgehead atoms. The normalized spacial score (nSPS) is 25.4. The highest BCUT2D eigenvalue weighted by Gasteiger charge is 2.50. The first kappa shape index (κ1) is 91.7. The van der Waals surface area contributed by atoms with Gasteiger partial charge in [-0.05, 0) is 46.2 Å². The molecule has 0 aromatic heterocycles. The van der Waals surface area contributed by atoms with Crippen LogP contribution in [-0.4, -0.2) is 272 Å². The van der Waals surface area contributed by atoms with Gasteiger partial charge in [0, 0.05) is 13.2 Å². The molecule has 628 valence electrons. The molecule has 9 rings (SSSR count). The molecule has 3 aliphatic rings. The van der Waals surface area contributed by atoms with Gasteiger partial charge in [0.15, 0.2) is 0 Å². The predicted molar refractivity (Wildman–Crippen MR) is 428 cm³/mol. The van der Waals surface area contributed by atoms with E-state index in [4.69, 9.17) is 114 Å². The van der Waals surface area contributed by atoms with Crippen LogP contribution in [0.1, 0.15) is 46.2 Å². The zero-order chi connectivity index (χ0) is 78.5. The summed E-state index contributed by atoms with van der Waals surface area (Å²) >= 11 is 0. The van der Waals surface area contributed by atoms with E-state index in [1.807, 2.05) is 182 Å². The lowest BCUT2D eigenvalue weighted by molar-refractivity contribution is -0.273. The largest absolute Gasteiger partial charge is 0.377 e. The van der Waals surface area contributed by atoms with Gasteiger partial charge in [0.1, 0.15) is 48.8 Å². The molecule has 6 aromatic carbocycles. The van der Waals surface area contributed by atoms with E-state index in [-0.39, 0.29) is 26.4 Å². The van der Waals surface area contributed by atoms with Crippen LogP contribution in [0, 0.1) is 0 Å². The number of hydrogen-bond donors (Lipinski definition) is 0. The molecule has 24 heteroatoms. The first-order valence-corrected chi connectivity index (χ1v) is 40.5. The molecule has 114 heavy (non-hydrogen) atoms. The van der Waals surface area contributed by atoms with Crippen molar-refractivity contribution in [2.45, 2.75) is 114 Å². The molecule has 2 fully saturated rings. The van der Waals surface area contributed by atoms with Crippen LogP contribution in [-0.2, 0) is 153 Å². The van der Waals surface area contributed by atoms with Crippen LogP contribution < -0.4 is 0 Å². The van der Waals surface area contributed by atoms with Crippen molar-refractivity contribution in [2.75, 3.05) is 211 Å². The summed E-state index contributed by atoms with van der Waals surface area (Å²) in [4.78, 5) is 0. The van der Waals surface area contributed by atoms with Crippen molar-refractivity contribution in [3.05, 3.63) is 240 Å². The second-order valence-corrected chi connectivity index (χ2v) is 27.1. The fraction of sp³-hybridized carbons (Fsp3) is 0.556. The maximum absolute atomic E-state index is 7.01. The number of fused-ring (bicyclic) bond motifs is 2. The van der Waals surface area contributed by atoms with Crippen molar-refractivity contribution in [1.82, 2.24) is 0 Å². The van der Waals surface area contributed by atoms with Crippen molar-refractivity contribution in [3.63, 3.8) is 0 Å². The van der Waals surface area contributed by atoms with E-state index in [1.54, 1.807) is 0 Å². The second kappa shape index (κ2) is 61.2. The number of hydrogen-bond acceptors (Lipinski definition) is 24. The van der Waals surface area contributed by atoms with Gasteiger partial charge in [0.2, 0.25) is 0 Å². The molecule has 0 saturated carbocycles. The minimum absolute atomic E-state index is 0.213. The van der Waals surface area contributed by atoms with Gasteiger partial charge >= 0.3 is 0 Å². The Morgan fingerprint density at radius 2 is 0.447 bits per heavy atom. The summed E-state index contributed by atoms with van der Waals surface area (Å²) < 4.78 is 151. The molecule has 0 aliphatic carbocycles. The van der Waals surface area contributed by atoms with Crippen molar-refractivity contribution < 1.29 is 114 Å². The fourth-order valence-corrected chi connectivity index (χ4v) is 12.7. The van der Waals surface area contributed by atoms with E-state index in [0.717, 1.165) is 33.4 Å². The van der Waals surface area contributed by atoms with E-state index >= 15 is 0 Å². The molecule has 0 amide bonds. The monoisotopic (exact) mass is 1590 g/mol. The summed E-state index contributed by atoms with van der Waals surface area (Å²) in [6.45, 7) is 14.2. The summed E-state index contributed by atoms with van der Waals surface area (Å²) in [5, 5.41) is 0. The molecular weight excluding hydrogens is 1460 g/mol. The Kier molecular flexibility index (Phi) is 49.2. The fourth-order valence-electron chi connectivity index (χ4n) is 12.7. The molecule has 0 spiro atoms. The predicted octanol–water partition coefficient (Wildman–Crippen LogP) is 11.2. The summed E-state index contributed by atoms with van der Waals surface area (Å²) in [6.07, 6.45) is 3.45. The van der Waals surface area contributed by atoms with E-state index in [0.29, 0.717) is 237 Å². The highest BCUT2D eigenvalue weighted by molar-refractivity contribution is 5.18. The molecule has 3 heterocycles. The van der Waals surface area contributed by atoms with E-state index in [9.17, 15) is 0 Å².